The molecule has 1 N–H and O–H groups in total. The summed E-state index contributed by atoms with van der Waals surface area (Å²) in [7, 11) is 1.57. The Labute approximate surface area is 152 Å². The van der Waals surface area contributed by atoms with Gasteiger partial charge in [-0.15, -0.1) is 12.4 Å². The van der Waals surface area contributed by atoms with Gasteiger partial charge in [0.15, 0.2) is 11.5 Å². The molecule has 0 bridgehead atoms. The molecule has 0 aliphatic carbocycles. The summed E-state index contributed by atoms with van der Waals surface area (Å²) in [4.78, 5) is 0. The quantitative estimate of drug-likeness (QED) is 0.678. The fourth-order valence-corrected chi connectivity index (χ4v) is 2.40. The van der Waals surface area contributed by atoms with Gasteiger partial charge < -0.3 is 14.8 Å². The fourth-order valence-electron chi connectivity index (χ4n) is 2.11. The Hall–Kier alpha value is -1.75. The van der Waals surface area contributed by atoms with Gasteiger partial charge in [0.2, 0.25) is 0 Å². The number of ether oxygens (including phenoxy) is 2. The number of hydrogen-bond acceptors (Lipinski definition) is 3. The predicted molar refractivity (Wildman–Crippen MR) is 97.9 cm³/mol. The molecule has 0 heterocycles. The third-order valence-corrected chi connectivity index (χ3v) is 3.49. The number of methoxy groups -OCH3 is 1. The van der Waals surface area contributed by atoms with Crippen LogP contribution < -0.4 is 14.8 Å². The van der Waals surface area contributed by atoms with Crippen molar-refractivity contribution in [2.24, 2.45) is 0 Å². The molecule has 0 aromatic heterocycles. The smallest absolute Gasteiger partial charge is 0.180 e. The van der Waals surface area contributed by atoms with Crippen LogP contribution in [0.1, 0.15) is 11.1 Å². The van der Waals surface area contributed by atoms with E-state index in [-0.39, 0.29) is 18.2 Å². The van der Waals surface area contributed by atoms with Crippen molar-refractivity contribution in [3.63, 3.8) is 0 Å². The minimum atomic E-state index is -0.236. The molecule has 0 saturated heterocycles. The van der Waals surface area contributed by atoms with Crippen LogP contribution >= 0.6 is 24.0 Å². The molecule has 24 heavy (non-hydrogen) atoms. The summed E-state index contributed by atoms with van der Waals surface area (Å²) in [5, 5.41) is 3.78. The molecule has 0 fully saturated rings. The number of rotatable bonds is 8. The lowest BCUT2D eigenvalue weighted by Gasteiger charge is -2.13. The summed E-state index contributed by atoms with van der Waals surface area (Å²) in [6, 6.07) is 10.1. The molecule has 6 heteroatoms. The molecule has 0 unspecified atom stereocenters. The SMILES string of the molecule is C=CCOc1c(Cl)cc(CNCc2ccc(F)cc2)cc1OC.Cl. The average Bonchev–Trinajstić information content (AvgIpc) is 2.55. The predicted octanol–water partition coefficient (Wildman–Crippen LogP) is 4.76. The van der Waals surface area contributed by atoms with Gasteiger partial charge in [-0.05, 0) is 35.4 Å². The second-order valence-electron chi connectivity index (χ2n) is 4.94. The van der Waals surface area contributed by atoms with Gasteiger partial charge in [-0.2, -0.15) is 0 Å². The van der Waals surface area contributed by atoms with Crippen LogP contribution in [-0.2, 0) is 13.1 Å². The summed E-state index contributed by atoms with van der Waals surface area (Å²) in [6.45, 7) is 5.21. The van der Waals surface area contributed by atoms with Gasteiger partial charge >= 0.3 is 0 Å². The number of halogens is 3. The number of hydrogen-bond donors (Lipinski definition) is 1. The van der Waals surface area contributed by atoms with Crippen molar-refractivity contribution >= 4 is 24.0 Å². The first-order chi connectivity index (χ1) is 11.1. The molecule has 3 nitrogen and oxygen atoms in total. The van der Waals surface area contributed by atoms with Gasteiger partial charge in [0, 0.05) is 13.1 Å². The van der Waals surface area contributed by atoms with Gasteiger partial charge in [-0.1, -0.05) is 36.4 Å². The summed E-state index contributed by atoms with van der Waals surface area (Å²) >= 11 is 6.25. The summed E-state index contributed by atoms with van der Waals surface area (Å²) in [5.74, 6) is 0.856. The molecule has 0 radical (unpaired) electrons. The normalized spacial score (nSPS) is 9.96. The Morgan fingerprint density at radius 3 is 2.46 bits per heavy atom. The fraction of sp³-hybridized carbons (Fsp3) is 0.222. The van der Waals surface area contributed by atoms with Crippen LogP contribution in [0.15, 0.2) is 49.1 Å². The Morgan fingerprint density at radius 2 is 1.83 bits per heavy atom. The summed E-state index contributed by atoms with van der Waals surface area (Å²) in [5.41, 5.74) is 1.98. The minimum absolute atomic E-state index is 0. The van der Waals surface area contributed by atoms with Crippen LogP contribution in [0.4, 0.5) is 4.39 Å². The van der Waals surface area contributed by atoms with E-state index in [9.17, 15) is 4.39 Å². The van der Waals surface area contributed by atoms with E-state index >= 15 is 0 Å². The van der Waals surface area contributed by atoms with Crippen molar-refractivity contribution in [1.82, 2.24) is 5.32 Å². The lowest BCUT2D eigenvalue weighted by molar-refractivity contribution is 0.326. The summed E-state index contributed by atoms with van der Waals surface area (Å²) < 4.78 is 23.7. The van der Waals surface area contributed by atoms with Crippen LogP contribution in [-0.4, -0.2) is 13.7 Å². The topological polar surface area (TPSA) is 30.5 Å². The molecular formula is C18H20Cl2FNO2. The van der Waals surface area contributed by atoms with Gasteiger partial charge in [-0.25, -0.2) is 4.39 Å². The van der Waals surface area contributed by atoms with E-state index < -0.39 is 0 Å². The average molecular weight is 372 g/mol. The molecule has 0 aliphatic heterocycles. The van der Waals surface area contributed by atoms with Gasteiger partial charge in [0.1, 0.15) is 12.4 Å². The molecule has 2 aromatic rings. The first-order valence-electron chi connectivity index (χ1n) is 7.19. The Kier molecular flexibility index (Phi) is 8.61. The monoisotopic (exact) mass is 371 g/mol. The van der Waals surface area contributed by atoms with Crippen LogP contribution in [0.2, 0.25) is 5.02 Å². The molecule has 0 atom stereocenters. The second-order valence-corrected chi connectivity index (χ2v) is 5.35. The first-order valence-corrected chi connectivity index (χ1v) is 7.57. The highest BCUT2D eigenvalue weighted by Crippen LogP contribution is 2.36. The molecule has 2 rings (SSSR count). The summed E-state index contributed by atoms with van der Waals surface area (Å²) in [6.07, 6.45) is 1.65. The van der Waals surface area contributed by atoms with Crippen LogP contribution in [0, 0.1) is 5.82 Å². The zero-order chi connectivity index (χ0) is 16.7. The largest absolute Gasteiger partial charge is 0.493 e. The van der Waals surface area contributed by atoms with Crippen LogP contribution in [0.25, 0.3) is 0 Å². The zero-order valence-corrected chi connectivity index (χ0v) is 14.9. The highest BCUT2D eigenvalue weighted by molar-refractivity contribution is 6.32. The molecule has 0 saturated carbocycles. The Balaban J connectivity index is 0.00000288. The van der Waals surface area contributed by atoms with Crippen molar-refractivity contribution < 1.29 is 13.9 Å². The van der Waals surface area contributed by atoms with Crippen LogP contribution in [0.3, 0.4) is 0 Å². The first kappa shape index (κ1) is 20.3. The van der Waals surface area contributed by atoms with Crippen LogP contribution in [0.5, 0.6) is 11.5 Å². The molecule has 0 aliphatic rings. The number of nitrogens with one attached hydrogen (secondary N) is 1. The highest BCUT2D eigenvalue weighted by atomic mass is 35.5. The van der Waals surface area contributed by atoms with E-state index in [2.05, 4.69) is 11.9 Å². The lowest BCUT2D eigenvalue weighted by atomic mass is 10.2. The lowest BCUT2D eigenvalue weighted by Crippen LogP contribution is -2.13. The highest BCUT2D eigenvalue weighted by Gasteiger charge is 2.11. The Bertz CT molecular complexity index is 663. The third kappa shape index (κ3) is 5.71. The maximum Gasteiger partial charge on any atom is 0.180 e. The molecule has 0 amide bonds. The molecule has 0 spiro atoms. The zero-order valence-electron chi connectivity index (χ0n) is 13.4. The van der Waals surface area contributed by atoms with E-state index in [4.69, 9.17) is 21.1 Å². The van der Waals surface area contributed by atoms with Crippen molar-refractivity contribution in [3.05, 3.63) is 71.0 Å². The van der Waals surface area contributed by atoms with Crippen molar-refractivity contribution in [3.8, 4) is 11.5 Å². The van der Waals surface area contributed by atoms with Gasteiger partial charge in [-0.3, -0.25) is 0 Å². The van der Waals surface area contributed by atoms with E-state index in [0.717, 1.165) is 11.1 Å². The van der Waals surface area contributed by atoms with Gasteiger partial charge in [0.05, 0.1) is 12.1 Å². The second kappa shape index (κ2) is 10.2. The van der Waals surface area contributed by atoms with Crippen molar-refractivity contribution in [2.75, 3.05) is 13.7 Å². The van der Waals surface area contributed by atoms with E-state index in [0.29, 0.717) is 36.2 Å². The third-order valence-electron chi connectivity index (χ3n) is 3.21. The number of benzene rings is 2. The molecule has 130 valence electrons. The maximum atomic E-state index is 12.9. The minimum Gasteiger partial charge on any atom is -0.493 e. The molecule has 2 aromatic carbocycles. The van der Waals surface area contributed by atoms with Gasteiger partial charge in [0.25, 0.3) is 0 Å². The maximum absolute atomic E-state index is 12.9. The Morgan fingerprint density at radius 1 is 1.17 bits per heavy atom. The van der Waals surface area contributed by atoms with E-state index in [1.807, 2.05) is 12.1 Å². The van der Waals surface area contributed by atoms with Crippen molar-refractivity contribution in [1.29, 1.82) is 0 Å². The van der Waals surface area contributed by atoms with E-state index in [1.54, 1.807) is 25.3 Å². The van der Waals surface area contributed by atoms with E-state index in [1.165, 1.54) is 12.1 Å². The molecular weight excluding hydrogens is 352 g/mol. The standard InChI is InChI=1S/C18H19ClFNO2.ClH/c1-3-8-23-18-16(19)9-14(10-17(18)22-2)12-21-11-13-4-6-15(20)7-5-13;/h3-7,9-10,21H,1,8,11-12H2,2H3;1H. The van der Waals surface area contributed by atoms with Crippen molar-refractivity contribution in [2.45, 2.75) is 13.1 Å².